The summed E-state index contributed by atoms with van der Waals surface area (Å²) in [7, 11) is -4.97. The van der Waals surface area contributed by atoms with Crippen molar-refractivity contribution in [3.05, 3.63) is 11.1 Å². The molecule has 6 N–H and O–H groups in total. The minimum absolute atomic E-state index is 0.0601. The van der Waals surface area contributed by atoms with Gasteiger partial charge in [-0.3, -0.25) is 14.1 Å². The van der Waals surface area contributed by atoms with E-state index in [1.54, 1.807) is 0 Å². The van der Waals surface area contributed by atoms with Crippen LogP contribution in [0, 0.1) is 0 Å². The molecule has 0 radical (unpaired) electrons. The number of aromatic nitrogens is 1. The lowest BCUT2D eigenvalue weighted by Crippen LogP contribution is -2.74. The first kappa shape index (κ1) is 23.6. The molecule has 2 aliphatic heterocycles. The maximum Gasteiger partial charge on any atom is 0.362 e. The van der Waals surface area contributed by atoms with Gasteiger partial charge in [-0.2, -0.15) is 8.42 Å². The van der Waals surface area contributed by atoms with Crippen LogP contribution >= 0.6 is 11.3 Å². The number of carbonyl (C=O) groups excluding carboxylic acids is 3. The fraction of sp³-hybridized carbons (Fsp3) is 0.500. The molecule has 184 valence electrons. The summed E-state index contributed by atoms with van der Waals surface area (Å²) >= 11 is 0.966. The number of anilines is 1. The average Bonchev–Trinajstić information content (AvgIpc) is 3.26. The first-order chi connectivity index (χ1) is 15.9. The second-order valence-electron chi connectivity index (χ2n) is 7.71. The number of rotatable bonds is 9. The molecule has 0 aromatic carbocycles. The van der Waals surface area contributed by atoms with Crippen molar-refractivity contribution < 1.29 is 42.1 Å². The van der Waals surface area contributed by atoms with Crippen LogP contribution in [-0.2, 0) is 29.5 Å². The van der Waals surface area contributed by atoms with Crippen LogP contribution in [0.15, 0.2) is 10.5 Å². The highest BCUT2D eigenvalue weighted by Crippen LogP contribution is 2.40. The Hall–Kier alpha value is -3.51. The van der Waals surface area contributed by atoms with Crippen molar-refractivity contribution >= 4 is 56.3 Å². The molecular weight excluding hydrogens is 498 g/mol. The molecular formula is C16H19N7O9S2. The van der Waals surface area contributed by atoms with Gasteiger partial charge in [-0.1, -0.05) is 5.16 Å². The summed E-state index contributed by atoms with van der Waals surface area (Å²) in [5.74, 6) is -3.44. The SMILES string of the molecule is Nc1nc(/C(=N/OC2(C(=O)O)CC2)C(=O)N[C@@H]2C(=O)N(S(=O)(=O)O)[C@@H]2CN2CCNC2=O)cs1. The summed E-state index contributed by atoms with van der Waals surface area (Å²) in [6, 6.07) is -3.25. The van der Waals surface area contributed by atoms with E-state index in [0.29, 0.717) is 6.54 Å². The summed E-state index contributed by atoms with van der Waals surface area (Å²) in [5, 5.41) is 19.2. The molecule has 1 aromatic rings. The predicted octanol–water partition coefficient (Wildman–Crippen LogP) is -2.41. The van der Waals surface area contributed by atoms with E-state index >= 15 is 0 Å². The molecule has 3 heterocycles. The lowest BCUT2D eigenvalue weighted by atomic mass is 9.97. The molecule has 1 saturated carbocycles. The van der Waals surface area contributed by atoms with E-state index in [2.05, 4.69) is 20.8 Å². The molecule has 1 aliphatic carbocycles. The third-order valence-electron chi connectivity index (χ3n) is 5.44. The van der Waals surface area contributed by atoms with Crippen LogP contribution in [0.25, 0.3) is 0 Å². The van der Waals surface area contributed by atoms with Gasteiger partial charge in [0.1, 0.15) is 11.7 Å². The largest absolute Gasteiger partial charge is 0.478 e. The van der Waals surface area contributed by atoms with Crippen molar-refractivity contribution in [3.8, 4) is 0 Å². The first-order valence-corrected chi connectivity index (χ1v) is 12.1. The molecule has 0 unspecified atom stereocenters. The van der Waals surface area contributed by atoms with E-state index in [9.17, 15) is 37.3 Å². The van der Waals surface area contributed by atoms with Gasteiger partial charge in [-0.15, -0.1) is 11.3 Å². The van der Waals surface area contributed by atoms with Crippen molar-refractivity contribution in [3.63, 3.8) is 0 Å². The molecule has 3 fully saturated rings. The van der Waals surface area contributed by atoms with Crippen molar-refractivity contribution in [1.82, 2.24) is 24.8 Å². The van der Waals surface area contributed by atoms with Gasteiger partial charge in [0.2, 0.25) is 5.60 Å². The Kier molecular flexibility index (Phi) is 5.82. The smallest absolute Gasteiger partial charge is 0.362 e. The normalized spacial score (nSPS) is 23.9. The van der Waals surface area contributed by atoms with Crippen LogP contribution in [0.2, 0.25) is 0 Å². The van der Waals surface area contributed by atoms with Crippen LogP contribution in [0.5, 0.6) is 0 Å². The van der Waals surface area contributed by atoms with E-state index in [0.717, 1.165) is 11.3 Å². The number of aliphatic carboxylic acids is 1. The van der Waals surface area contributed by atoms with Crippen molar-refractivity contribution in [2.45, 2.75) is 30.5 Å². The molecule has 0 spiro atoms. The highest BCUT2D eigenvalue weighted by molar-refractivity contribution is 7.84. The van der Waals surface area contributed by atoms with Crippen LogP contribution in [0.1, 0.15) is 18.5 Å². The van der Waals surface area contributed by atoms with Crippen molar-refractivity contribution in [2.24, 2.45) is 5.16 Å². The number of thiazole rings is 1. The molecule has 4 amide bonds. The van der Waals surface area contributed by atoms with E-state index in [-0.39, 0.29) is 41.1 Å². The molecule has 16 nitrogen and oxygen atoms in total. The highest BCUT2D eigenvalue weighted by atomic mass is 32.2. The molecule has 34 heavy (non-hydrogen) atoms. The van der Waals surface area contributed by atoms with E-state index in [4.69, 9.17) is 10.6 Å². The number of hydrogen-bond acceptors (Lipinski definition) is 11. The van der Waals surface area contributed by atoms with Crippen molar-refractivity contribution in [2.75, 3.05) is 25.4 Å². The zero-order chi connectivity index (χ0) is 24.8. The quantitative estimate of drug-likeness (QED) is 0.100. The number of urea groups is 1. The number of nitrogens with zero attached hydrogens (tertiary/aromatic N) is 4. The number of carboxylic acid groups (broad SMARTS) is 1. The van der Waals surface area contributed by atoms with Crippen LogP contribution < -0.4 is 16.4 Å². The number of nitrogens with one attached hydrogen (secondary N) is 2. The monoisotopic (exact) mass is 517 g/mol. The minimum Gasteiger partial charge on any atom is -0.478 e. The van der Waals surface area contributed by atoms with E-state index in [1.807, 2.05) is 0 Å². The Balaban J connectivity index is 1.57. The maximum absolute atomic E-state index is 13.0. The van der Waals surface area contributed by atoms with Gasteiger partial charge in [0.25, 0.3) is 11.8 Å². The standard InChI is InChI=1S/C16H19N7O9S2/c17-14-19-7(6-33-14)9(21-32-16(1-2-16)13(26)27)11(24)20-10-8(5-22-4-3-18-15(22)28)23(12(10)25)34(29,30)31/h6,8,10H,1-5H2,(H2,17,19)(H,18,28)(H,20,24)(H,26,27)(H,29,30,31)/b21-9-/t8-,10+/m1/s1. The Morgan fingerprint density at radius 3 is 2.62 bits per heavy atom. The number of amides is 4. The van der Waals surface area contributed by atoms with Gasteiger partial charge in [-0.25, -0.2) is 18.9 Å². The second kappa shape index (κ2) is 8.37. The fourth-order valence-electron chi connectivity index (χ4n) is 3.45. The Morgan fingerprint density at radius 2 is 2.12 bits per heavy atom. The van der Waals surface area contributed by atoms with Gasteiger partial charge in [-0.05, 0) is 0 Å². The summed E-state index contributed by atoms with van der Waals surface area (Å²) in [5.41, 5.74) is 3.47. The molecule has 1 aromatic heterocycles. The summed E-state index contributed by atoms with van der Waals surface area (Å²) in [4.78, 5) is 58.9. The summed E-state index contributed by atoms with van der Waals surface area (Å²) in [6.45, 7) is 0.226. The highest BCUT2D eigenvalue weighted by Gasteiger charge is 2.56. The molecule has 2 atom stereocenters. The minimum atomic E-state index is -4.97. The molecule has 4 rings (SSSR count). The van der Waals surface area contributed by atoms with Gasteiger partial charge in [0.15, 0.2) is 10.8 Å². The lowest BCUT2D eigenvalue weighted by molar-refractivity contribution is -0.153. The molecule has 3 aliphatic rings. The number of β-lactam (4-membered cyclic amide) rings is 1. The third-order valence-corrected chi connectivity index (χ3v) is 7.06. The number of oxime groups is 1. The van der Waals surface area contributed by atoms with Crippen LogP contribution in [0.4, 0.5) is 9.93 Å². The number of nitrogens with two attached hydrogens (primary N) is 1. The van der Waals surface area contributed by atoms with Crippen LogP contribution in [-0.4, -0.2) is 99.1 Å². The Bertz CT molecular complexity index is 1190. The number of nitrogen functional groups attached to an aromatic ring is 1. The predicted molar refractivity (Wildman–Crippen MR) is 113 cm³/mol. The van der Waals surface area contributed by atoms with E-state index < -0.39 is 57.5 Å². The topological polar surface area (TPSA) is 234 Å². The van der Waals surface area contributed by atoms with Gasteiger partial charge >= 0.3 is 22.3 Å². The van der Waals surface area contributed by atoms with Gasteiger partial charge in [0.05, 0.1) is 6.04 Å². The molecule has 2 saturated heterocycles. The summed E-state index contributed by atoms with van der Waals surface area (Å²) < 4.78 is 32.9. The fourth-order valence-corrected chi connectivity index (χ4v) is 4.87. The second-order valence-corrected chi connectivity index (χ2v) is 9.89. The maximum atomic E-state index is 13.0. The number of carbonyl (C=O) groups is 4. The van der Waals surface area contributed by atoms with Crippen LogP contribution in [0.3, 0.4) is 0 Å². The van der Waals surface area contributed by atoms with E-state index in [1.165, 1.54) is 10.3 Å². The Labute approximate surface area is 195 Å². The zero-order valence-electron chi connectivity index (χ0n) is 17.2. The summed E-state index contributed by atoms with van der Waals surface area (Å²) in [6.07, 6.45) is 0.342. The van der Waals surface area contributed by atoms with Gasteiger partial charge < -0.3 is 31.2 Å². The first-order valence-electron chi connectivity index (χ1n) is 9.78. The number of carboxylic acids is 1. The molecule has 18 heteroatoms. The Morgan fingerprint density at radius 1 is 1.41 bits per heavy atom. The average molecular weight is 518 g/mol. The lowest BCUT2D eigenvalue weighted by Gasteiger charge is -2.45. The third kappa shape index (κ3) is 4.33. The van der Waals surface area contributed by atoms with Crippen molar-refractivity contribution in [1.29, 1.82) is 0 Å². The molecule has 0 bridgehead atoms. The zero-order valence-corrected chi connectivity index (χ0v) is 18.8. The van der Waals surface area contributed by atoms with Gasteiger partial charge in [0, 0.05) is 37.9 Å². The number of hydrogen-bond donors (Lipinski definition) is 5.